The van der Waals surface area contributed by atoms with Gasteiger partial charge in [0, 0.05) is 18.3 Å². The van der Waals surface area contributed by atoms with Gasteiger partial charge in [-0.05, 0) is 31.5 Å². The number of rotatable bonds is 2. The average molecular weight is 312 g/mol. The Hall–Kier alpha value is -1.79. The quantitative estimate of drug-likeness (QED) is 0.771. The molecule has 0 bridgehead atoms. The molecule has 0 saturated carbocycles. The van der Waals surface area contributed by atoms with Gasteiger partial charge in [-0.25, -0.2) is 0 Å². The maximum absolute atomic E-state index is 12.1. The van der Waals surface area contributed by atoms with Gasteiger partial charge in [0.1, 0.15) is 5.75 Å². The molecule has 3 rings (SSSR count). The Morgan fingerprint density at radius 3 is 3.00 bits per heavy atom. The van der Waals surface area contributed by atoms with Crippen LogP contribution in [0.4, 0.5) is 11.4 Å². The number of carbonyl (C=O) groups is 2. The van der Waals surface area contributed by atoms with Crippen LogP contribution in [0.2, 0.25) is 0 Å². The lowest BCUT2D eigenvalue weighted by atomic mass is 9.99. The highest BCUT2D eigenvalue weighted by Crippen LogP contribution is 2.30. The first kappa shape index (κ1) is 15.6. The van der Waals surface area contributed by atoms with Crippen molar-refractivity contribution in [2.45, 2.75) is 12.8 Å². The number of fused-ring (bicyclic) bond motifs is 1. The van der Waals surface area contributed by atoms with Crippen molar-refractivity contribution >= 4 is 35.6 Å². The van der Waals surface area contributed by atoms with Gasteiger partial charge in [-0.2, -0.15) is 0 Å². The van der Waals surface area contributed by atoms with E-state index in [0.29, 0.717) is 17.1 Å². The largest absolute Gasteiger partial charge is 0.482 e. The summed E-state index contributed by atoms with van der Waals surface area (Å²) in [6, 6.07) is 5.24. The summed E-state index contributed by atoms with van der Waals surface area (Å²) >= 11 is 0. The van der Waals surface area contributed by atoms with E-state index < -0.39 is 0 Å². The Kier molecular flexibility index (Phi) is 5.03. The first-order valence-electron chi connectivity index (χ1n) is 6.80. The van der Waals surface area contributed by atoms with Crippen LogP contribution in [0.15, 0.2) is 18.2 Å². The lowest BCUT2D eigenvalue weighted by Crippen LogP contribution is -2.37. The first-order chi connectivity index (χ1) is 9.72. The van der Waals surface area contributed by atoms with E-state index in [4.69, 9.17) is 4.74 Å². The predicted molar refractivity (Wildman–Crippen MR) is 82.0 cm³/mol. The Morgan fingerprint density at radius 2 is 2.24 bits per heavy atom. The van der Waals surface area contributed by atoms with Gasteiger partial charge in [0.25, 0.3) is 5.91 Å². The summed E-state index contributed by atoms with van der Waals surface area (Å²) in [7, 11) is 0. The van der Waals surface area contributed by atoms with Crippen molar-refractivity contribution in [3.8, 4) is 5.75 Å². The zero-order chi connectivity index (χ0) is 13.9. The summed E-state index contributed by atoms with van der Waals surface area (Å²) in [5.41, 5.74) is 1.33. The summed E-state index contributed by atoms with van der Waals surface area (Å²) in [5, 5.41) is 8.84. The highest BCUT2D eigenvalue weighted by molar-refractivity contribution is 5.97. The van der Waals surface area contributed by atoms with Gasteiger partial charge in [-0.15, -0.1) is 12.4 Å². The van der Waals surface area contributed by atoms with E-state index in [-0.39, 0.29) is 36.7 Å². The second-order valence-corrected chi connectivity index (χ2v) is 5.08. The Balaban J connectivity index is 0.00000161. The van der Waals surface area contributed by atoms with Crippen molar-refractivity contribution in [2.75, 3.05) is 30.3 Å². The lowest BCUT2D eigenvalue weighted by Gasteiger charge is -2.23. The first-order valence-corrected chi connectivity index (χ1v) is 6.80. The molecule has 1 aromatic rings. The third kappa shape index (κ3) is 3.65. The van der Waals surface area contributed by atoms with E-state index in [0.717, 1.165) is 25.9 Å². The number of anilines is 2. The molecule has 0 aromatic heterocycles. The zero-order valence-corrected chi connectivity index (χ0v) is 12.3. The molecule has 0 radical (unpaired) electrons. The number of piperidine rings is 1. The molecule has 1 atom stereocenters. The fraction of sp³-hybridized carbons (Fsp3) is 0.429. The Bertz CT molecular complexity index is 544. The molecular formula is C14H18ClN3O3. The molecule has 0 spiro atoms. The van der Waals surface area contributed by atoms with Crippen LogP contribution in [0, 0.1) is 5.92 Å². The number of halogens is 1. The van der Waals surface area contributed by atoms with Crippen LogP contribution in [0.25, 0.3) is 0 Å². The summed E-state index contributed by atoms with van der Waals surface area (Å²) in [6.07, 6.45) is 1.94. The minimum absolute atomic E-state index is 0. The molecule has 114 valence electrons. The molecule has 2 aliphatic rings. The van der Waals surface area contributed by atoms with Crippen LogP contribution in [-0.4, -0.2) is 31.5 Å². The smallest absolute Gasteiger partial charge is 0.262 e. The number of ether oxygens (including phenoxy) is 1. The minimum atomic E-state index is -0.164. The number of benzene rings is 1. The number of carbonyl (C=O) groups excluding carboxylic acids is 2. The van der Waals surface area contributed by atoms with Crippen molar-refractivity contribution in [3.05, 3.63) is 18.2 Å². The molecular weight excluding hydrogens is 294 g/mol. The number of hydrogen-bond donors (Lipinski definition) is 3. The molecule has 6 nitrogen and oxygen atoms in total. The number of amides is 2. The van der Waals surface area contributed by atoms with Gasteiger partial charge in [0.15, 0.2) is 6.61 Å². The molecule has 2 amide bonds. The third-order valence-corrected chi connectivity index (χ3v) is 3.55. The van der Waals surface area contributed by atoms with Crippen LogP contribution in [0.1, 0.15) is 12.8 Å². The molecule has 2 aliphatic heterocycles. The second kappa shape index (κ2) is 6.78. The standard InChI is InChI=1S/C14H17N3O3.ClH/c18-13-8-20-12-6-10(3-4-11(12)17-13)16-14(19)9-2-1-5-15-7-9;/h3-4,6,9,15H,1-2,5,7-8H2,(H,16,19)(H,17,18);1H. The highest BCUT2D eigenvalue weighted by atomic mass is 35.5. The molecule has 1 aromatic carbocycles. The van der Waals surface area contributed by atoms with Crippen LogP contribution in [-0.2, 0) is 9.59 Å². The molecule has 1 fully saturated rings. The summed E-state index contributed by atoms with van der Waals surface area (Å²) in [5.74, 6) is 0.462. The minimum Gasteiger partial charge on any atom is -0.482 e. The Morgan fingerprint density at radius 1 is 1.38 bits per heavy atom. The fourth-order valence-corrected chi connectivity index (χ4v) is 2.47. The SMILES string of the molecule is Cl.O=C1COc2cc(NC(=O)C3CCCNC3)ccc2N1. The average Bonchev–Trinajstić information content (AvgIpc) is 2.48. The van der Waals surface area contributed by atoms with Crippen molar-refractivity contribution in [1.29, 1.82) is 0 Å². The van der Waals surface area contributed by atoms with Gasteiger partial charge in [-0.1, -0.05) is 0 Å². The van der Waals surface area contributed by atoms with E-state index >= 15 is 0 Å². The monoisotopic (exact) mass is 311 g/mol. The van der Waals surface area contributed by atoms with Gasteiger partial charge in [0.2, 0.25) is 5.91 Å². The van der Waals surface area contributed by atoms with Crippen LogP contribution in [0.5, 0.6) is 5.75 Å². The molecule has 2 heterocycles. The number of hydrogen-bond acceptors (Lipinski definition) is 4. The van der Waals surface area contributed by atoms with Crippen LogP contribution >= 0.6 is 12.4 Å². The van der Waals surface area contributed by atoms with Gasteiger partial charge < -0.3 is 20.7 Å². The van der Waals surface area contributed by atoms with Crippen LogP contribution < -0.4 is 20.7 Å². The third-order valence-electron chi connectivity index (χ3n) is 3.55. The fourth-order valence-electron chi connectivity index (χ4n) is 2.47. The molecule has 1 unspecified atom stereocenters. The molecule has 21 heavy (non-hydrogen) atoms. The van der Waals surface area contributed by atoms with E-state index in [9.17, 15) is 9.59 Å². The van der Waals surface area contributed by atoms with Crippen molar-refractivity contribution in [2.24, 2.45) is 5.92 Å². The van der Waals surface area contributed by atoms with E-state index in [1.54, 1.807) is 18.2 Å². The lowest BCUT2D eigenvalue weighted by molar-refractivity contribution is -0.120. The number of nitrogens with one attached hydrogen (secondary N) is 3. The molecule has 3 N–H and O–H groups in total. The van der Waals surface area contributed by atoms with Crippen molar-refractivity contribution in [1.82, 2.24) is 5.32 Å². The molecule has 1 saturated heterocycles. The van der Waals surface area contributed by atoms with Crippen molar-refractivity contribution in [3.63, 3.8) is 0 Å². The second-order valence-electron chi connectivity index (χ2n) is 5.08. The normalized spacial score (nSPS) is 20.4. The topological polar surface area (TPSA) is 79.5 Å². The highest BCUT2D eigenvalue weighted by Gasteiger charge is 2.22. The summed E-state index contributed by atoms with van der Waals surface area (Å²) in [4.78, 5) is 23.3. The summed E-state index contributed by atoms with van der Waals surface area (Å²) < 4.78 is 5.33. The zero-order valence-electron chi connectivity index (χ0n) is 11.5. The van der Waals surface area contributed by atoms with E-state index in [1.807, 2.05) is 0 Å². The summed E-state index contributed by atoms with van der Waals surface area (Å²) in [6.45, 7) is 1.72. The maximum Gasteiger partial charge on any atom is 0.262 e. The van der Waals surface area contributed by atoms with Gasteiger partial charge >= 0.3 is 0 Å². The Labute approximate surface area is 129 Å². The van der Waals surface area contributed by atoms with Gasteiger partial charge in [-0.3, -0.25) is 9.59 Å². The molecule has 0 aliphatic carbocycles. The van der Waals surface area contributed by atoms with Crippen LogP contribution in [0.3, 0.4) is 0 Å². The molecule has 7 heteroatoms. The predicted octanol–water partition coefficient (Wildman–Crippen LogP) is 1.38. The van der Waals surface area contributed by atoms with Crippen molar-refractivity contribution < 1.29 is 14.3 Å². The van der Waals surface area contributed by atoms with E-state index in [1.165, 1.54) is 0 Å². The van der Waals surface area contributed by atoms with Gasteiger partial charge in [0.05, 0.1) is 11.6 Å². The van der Waals surface area contributed by atoms with E-state index in [2.05, 4.69) is 16.0 Å². The maximum atomic E-state index is 12.1.